The molecule has 1 heterocycles. The van der Waals surface area contributed by atoms with E-state index in [1.165, 1.54) is 23.3 Å². The number of aromatic hydroxyl groups is 1. The Kier molecular flexibility index (Phi) is 6.42. The van der Waals surface area contributed by atoms with Gasteiger partial charge in [-0.05, 0) is 35.2 Å². The summed E-state index contributed by atoms with van der Waals surface area (Å²) in [6, 6.07) is 12.8. The Morgan fingerprint density at radius 3 is 2.71 bits per heavy atom. The normalized spacial score (nSPS) is 13.9. The van der Waals surface area contributed by atoms with Crippen molar-refractivity contribution in [3.63, 3.8) is 0 Å². The van der Waals surface area contributed by atoms with Crippen LogP contribution >= 0.6 is 24.0 Å². The first kappa shape index (κ1) is 18.5. The first-order valence-corrected chi connectivity index (χ1v) is 7.67. The summed E-state index contributed by atoms with van der Waals surface area (Å²) < 4.78 is 13.4. The van der Waals surface area contributed by atoms with Crippen LogP contribution in [0.2, 0.25) is 0 Å². The smallest absolute Gasteiger partial charge is 0.194 e. The number of guanidine groups is 1. The molecule has 0 bridgehead atoms. The monoisotopic (exact) mass is 441 g/mol. The minimum atomic E-state index is -0.605. The lowest BCUT2D eigenvalue weighted by molar-refractivity contribution is 0.378. The number of aliphatic imine (C=N–C) groups is 1. The molecule has 2 aromatic carbocycles. The molecule has 1 aliphatic rings. The highest BCUT2D eigenvalue weighted by Gasteiger charge is 2.18. The molecule has 2 aromatic rings. The molecule has 2 N–H and O–H groups in total. The van der Waals surface area contributed by atoms with E-state index in [0.29, 0.717) is 6.54 Å². The van der Waals surface area contributed by atoms with Crippen LogP contribution in [0.25, 0.3) is 0 Å². The number of hydrogen-bond donors (Lipinski definition) is 2. The average molecular weight is 441 g/mol. The van der Waals surface area contributed by atoms with Crippen molar-refractivity contribution in [1.29, 1.82) is 0 Å². The lowest BCUT2D eigenvalue weighted by atomic mass is 10.0. The fraction of sp³-hybridized carbons (Fsp3) is 0.278. The van der Waals surface area contributed by atoms with Crippen LogP contribution in [-0.4, -0.2) is 29.6 Å². The summed E-state index contributed by atoms with van der Waals surface area (Å²) in [7, 11) is 1.75. The summed E-state index contributed by atoms with van der Waals surface area (Å²) >= 11 is 0. The van der Waals surface area contributed by atoms with Crippen molar-refractivity contribution in [2.45, 2.75) is 19.5 Å². The number of phenols is 1. The average Bonchev–Trinajstić information content (AvgIpc) is 2.58. The highest BCUT2D eigenvalue weighted by Crippen LogP contribution is 2.19. The zero-order valence-electron chi connectivity index (χ0n) is 13.5. The van der Waals surface area contributed by atoms with E-state index < -0.39 is 5.82 Å². The van der Waals surface area contributed by atoms with Crippen molar-refractivity contribution < 1.29 is 9.50 Å². The van der Waals surface area contributed by atoms with Gasteiger partial charge in [0.05, 0.1) is 0 Å². The maximum Gasteiger partial charge on any atom is 0.194 e. The molecule has 0 fully saturated rings. The quantitative estimate of drug-likeness (QED) is 0.428. The highest BCUT2D eigenvalue weighted by atomic mass is 127. The van der Waals surface area contributed by atoms with Gasteiger partial charge in [0.2, 0.25) is 0 Å². The van der Waals surface area contributed by atoms with E-state index >= 15 is 0 Å². The number of rotatable bonds is 2. The Hall–Kier alpha value is -1.83. The topological polar surface area (TPSA) is 47.9 Å². The van der Waals surface area contributed by atoms with Gasteiger partial charge < -0.3 is 15.3 Å². The first-order chi connectivity index (χ1) is 11.2. The highest BCUT2D eigenvalue weighted by molar-refractivity contribution is 14.0. The van der Waals surface area contributed by atoms with Crippen LogP contribution in [0.5, 0.6) is 5.75 Å². The van der Waals surface area contributed by atoms with E-state index in [-0.39, 0.29) is 29.7 Å². The van der Waals surface area contributed by atoms with Gasteiger partial charge in [-0.25, -0.2) is 4.39 Å². The molecule has 3 rings (SSSR count). The van der Waals surface area contributed by atoms with Crippen LogP contribution < -0.4 is 5.32 Å². The van der Waals surface area contributed by atoms with E-state index in [9.17, 15) is 9.50 Å². The number of nitrogens with zero attached hydrogens (tertiary/aromatic N) is 2. The molecule has 0 unspecified atom stereocenters. The maximum atomic E-state index is 13.4. The molecule has 0 spiro atoms. The number of benzene rings is 2. The third-order valence-electron chi connectivity index (χ3n) is 4.10. The van der Waals surface area contributed by atoms with Gasteiger partial charge in [0.25, 0.3) is 0 Å². The number of nitrogens with one attached hydrogen (secondary N) is 1. The molecule has 128 valence electrons. The van der Waals surface area contributed by atoms with Crippen LogP contribution in [0, 0.1) is 5.82 Å². The maximum absolute atomic E-state index is 13.4. The second-order valence-electron chi connectivity index (χ2n) is 5.63. The minimum absolute atomic E-state index is 0. The van der Waals surface area contributed by atoms with Crippen LogP contribution in [-0.2, 0) is 19.5 Å². The van der Waals surface area contributed by atoms with Gasteiger partial charge >= 0.3 is 0 Å². The Morgan fingerprint density at radius 1 is 1.25 bits per heavy atom. The number of fused-ring (bicyclic) bond motifs is 1. The van der Waals surface area contributed by atoms with E-state index in [0.717, 1.165) is 31.0 Å². The minimum Gasteiger partial charge on any atom is -0.505 e. The van der Waals surface area contributed by atoms with Crippen molar-refractivity contribution in [1.82, 2.24) is 10.2 Å². The molecule has 0 saturated carbocycles. The van der Waals surface area contributed by atoms with Crippen LogP contribution in [0.15, 0.2) is 47.5 Å². The van der Waals surface area contributed by atoms with Crippen LogP contribution in [0.3, 0.4) is 0 Å². The van der Waals surface area contributed by atoms with Crippen LogP contribution in [0.4, 0.5) is 4.39 Å². The van der Waals surface area contributed by atoms with Crippen molar-refractivity contribution in [2.24, 2.45) is 4.99 Å². The molecular formula is C18H21FIN3O. The predicted octanol–water partition coefficient (Wildman–Crippen LogP) is 3.28. The van der Waals surface area contributed by atoms with Gasteiger partial charge in [0.15, 0.2) is 17.5 Å². The third kappa shape index (κ3) is 4.17. The van der Waals surface area contributed by atoms with Gasteiger partial charge in [0, 0.05) is 26.7 Å². The number of hydrogen-bond acceptors (Lipinski definition) is 2. The SMILES string of the molecule is CN=C(NCc1ccc(O)c(F)c1)N1CCc2ccccc2C1.I. The summed E-state index contributed by atoms with van der Waals surface area (Å²) in [6.07, 6.45) is 0.991. The fourth-order valence-corrected chi connectivity index (χ4v) is 2.85. The summed E-state index contributed by atoms with van der Waals surface area (Å²) in [5, 5.41) is 12.5. The second-order valence-corrected chi connectivity index (χ2v) is 5.63. The zero-order chi connectivity index (χ0) is 16.2. The zero-order valence-corrected chi connectivity index (χ0v) is 15.8. The van der Waals surface area contributed by atoms with Gasteiger partial charge in [0.1, 0.15) is 0 Å². The summed E-state index contributed by atoms with van der Waals surface area (Å²) in [6.45, 7) is 2.18. The largest absolute Gasteiger partial charge is 0.505 e. The molecule has 4 nitrogen and oxygen atoms in total. The molecule has 1 aliphatic heterocycles. The molecule has 0 aliphatic carbocycles. The number of phenolic OH excluding ortho intramolecular Hbond substituents is 1. The van der Waals surface area contributed by atoms with Crippen LogP contribution in [0.1, 0.15) is 16.7 Å². The second kappa shape index (κ2) is 8.32. The van der Waals surface area contributed by atoms with Crippen molar-refractivity contribution in [3.05, 3.63) is 65.0 Å². The van der Waals surface area contributed by atoms with Gasteiger partial charge in [-0.15, -0.1) is 24.0 Å². The van der Waals surface area contributed by atoms with Crippen molar-refractivity contribution in [2.75, 3.05) is 13.6 Å². The Morgan fingerprint density at radius 2 is 2.00 bits per heavy atom. The lowest BCUT2D eigenvalue weighted by Crippen LogP contribution is -2.43. The summed E-state index contributed by atoms with van der Waals surface area (Å²) in [5.41, 5.74) is 3.47. The fourth-order valence-electron chi connectivity index (χ4n) is 2.85. The van der Waals surface area contributed by atoms with Crippen molar-refractivity contribution >= 4 is 29.9 Å². The Bertz CT molecular complexity index is 736. The van der Waals surface area contributed by atoms with Gasteiger partial charge in [-0.1, -0.05) is 30.3 Å². The Labute approximate surface area is 158 Å². The van der Waals surface area contributed by atoms with E-state index in [4.69, 9.17) is 0 Å². The molecule has 0 atom stereocenters. The van der Waals surface area contributed by atoms with E-state index in [1.54, 1.807) is 13.1 Å². The molecule has 24 heavy (non-hydrogen) atoms. The molecule has 0 amide bonds. The predicted molar refractivity (Wildman–Crippen MR) is 104 cm³/mol. The summed E-state index contributed by atoms with van der Waals surface area (Å²) in [4.78, 5) is 6.52. The molecule has 0 radical (unpaired) electrons. The lowest BCUT2D eigenvalue weighted by Gasteiger charge is -2.31. The standard InChI is InChI=1S/C18H20FN3O.HI/c1-20-18(21-11-13-6-7-17(23)16(19)10-13)22-9-8-14-4-2-3-5-15(14)12-22;/h2-7,10,23H,8-9,11-12H2,1H3,(H,20,21);1H. The third-order valence-corrected chi connectivity index (χ3v) is 4.10. The number of halogens is 2. The molecule has 6 heteroatoms. The Balaban J connectivity index is 0.00000208. The van der Waals surface area contributed by atoms with Gasteiger partial charge in [-0.3, -0.25) is 4.99 Å². The van der Waals surface area contributed by atoms with Crippen molar-refractivity contribution in [3.8, 4) is 5.75 Å². The summed E-state index contributed by atoms with van der Waals surface area (Å²) in [5.74, 6) is -0.134. The molecule has 0 saturated heterocycles. The van der Waals surface area contributed by atoms with Gasteiger partial charge in [-0.2, -0.15) is 0 Å². The van der Waals surface area contributed by atoms with E-state index in [2.05, 4.69) is 39.5 Å². The van der Waals surface area contributed by atoms with E-state index in [1.807, 2.05) is 0 Å². The molecule has 0 aromatic heterocycles. The molecular weight excluding hydrogens is 420 g/mol. The first-order valence-electron chi connectivity index (χ1n) is 7.67.